The molecule has 0 amide bonds. The van der Waals surface area contributed by atoms with Crippen LogP contribution in [0.5, 0.6) is 11.5 Å². The van der Waals surface area contributed by atoms with Crippen molar-refractivity contribution in [3.8, 4) is 11.5 Å². The Morgan fingerprint density at radius 1 is 1.11 bits per heavy atom. The number of aryl methyl sites for hydroxylation is 1. The Kier molecular flexibility index (Phi) is 6.11. The SMILES string of the molecule is COc1cc(C)c(Nc2nc(=O)c(Cl)cn2Cc2cccc(Cl)c2)cc1OC. The predicted molar refractivity (Wildman–Crippen MR) is 112 cm³/mol. The number of methoxy groups -OCH3 is 2. The summed E-state index contributed by atoms with van der Waals surface area (Å²) in [6, 6.07) is 11.1. The second-order valence-electron chi connectivity index (χ2n) is 6.12. The molecule has 0 radical (unpaired) electrons. The zero-order valence-electron chi connectivity index (χ0n) is 15.6. The monoisotopic (exact) mass is 419 g/mol. The molecule has 3 rings (SSSR count). The molecule has 3 aromatic rings. The molecule has 146 valence electrons. The molecule has 6 nitrogen and oxygen atoms in total. The summed E-state index contributed by atoms with van der Waals surface area (Å²) in [5, 5.41) is 3.86. The number of hydrogen-bond acceptors (Lipinski definition) is 5. The molecule has 0 unspecified atom stereocenters. The molecule has 2 aromatic carbocycles. The Hall–Kier alpha value is -2.70. The normalized spacial score (nSPS) is 10.6. The Bertz CT molecular complexity index is 1070. The van der Waals surface area contributed by atoms with Crippen LogP contribution in [-0.2, 0) is 6.54 Å². The smallest absolute Gasteiger partial charge is 0.293 e. The van der Waals surface area contributed by atoms with Crippen molar-refractivity contribution in [3.63, 3.8) is 0 Å². The van der Waals surface area contributed by atoms with Crippen LogP contribution in [0.3, 0.4) is 0 Å². The Balaban J connectivity index is 2.02. The van der Waals surface area contributed by atoms with Gasteiger partial charge in [-0.3, -0.25) is 4.79 Å². The van der Waals surface area contributed by atoms with Gasteiger partial charge in [-0.2, -0.15) is 4.98 Å². The number of hydrogen-bond donors (Lipinski definition) is 1. The molecular weight excluding hydrogens is 401 g/mol. The Morgan fingerprint density at radius 2 is 1.82 bits per heavy atom. The van der Waals surface area contributed by atoms with Gasteiger partial charge in [-0.05, 0) is 36.2 Å². The van der Waals surface area contributed by atoms with Gasteiger partial charge in [0.25, 0.3) is 5.56 Å². The molecule has 1 N–H and O–H groups in total. The largest absolute Gasteiger partial charge is 0.493 e. The van der Waals surface area contributed by atoms with E-state index >= 15 is 0 Å². The van der Waals surface area contributed by atoms with Crippen LogP contribution in [0, 0.1) is 6.92 Å². The highest BCUT2D eigenvalue weighted by Gasteiger charge is 2.13. The van der Waals surface area contributed by atoms with E-state index in [1.807, 2.05) is 31.2 Å². The third-order valence-electron chi connectivity index (χ3n) is 4.17. The number of benzene rings is 2. The second kappa shape index (κ2) is 8.54. The molecule has 8 heteroatoms. The molecule has 0 spiro atoms. The van der Waals surface area contributed by atoms with Gasteiger partial charge < -0.3 is 19.4 Å². The van der Waals surface area contributed by atoms with Crippen molar-refractivity contribution in [2.45, 2.75) is 13.5 Å². The van der Waals surface area contributed by atoms with Crippen LogP contribution in [0.25, 0.3) is 0 Å². The van der Waals surface area contributed by atoms with Crippen molar-refractivity contribution in [3.05, 3.63) is 74.1 Å². The topological polar surface area (TPSA) is 65.4 Å². The van der Waals surface area contributed by atoms with Gasteiger partial charge in [-0.25, -0.2) is 0 Å². The van der Waals surface area contributed by atoms with E-state index < -0.39 is 5.56 Å². The van der Waals surface area contributed by atoms with E-state index in [0.717, 1.165) is 16.8 Å². The van der Waals surface area contributed by atoms with E-state index in [2.05, 4.69) is 10.3 Å². The summed E-state index contributed by atoms with van der Waals surface area (Å²) in [5.41, 5.74) is 2.06. The number of nitrogens with one attached hydrogen (secondary N) is 1. The third-order valence-corrected chi connectivity index (χ3v) is 4.67. The van der Waals surface area contributed by atoms with Crippen molar-refractivity contribution < 1.29 is 9.47 Å². The summed E-state index contributed by atoms with van der Waals surface area (Å²) in [4.78, 5) is 16.1. The second-order valence-corrected chi connectivity index (χ2v) is 6.97. The molecule has 1 heterocycles. The van der Waals surface area contributed by atoms with Crippen molar-refractivity contribution >= 4 is 34.8 Å². The highest BCUT2D eigenvalue weighted by molar-refractivity contribution is 6.30. The fourth-order valence-electron chi connectivity index (χ4n) is 2.76. The molecule has 0 saturated heterocycles. The molecule has 0 fully saturated rings. The van der Waals surface area contributed by atoms with Crippen LogP contribution in [0.1, 0.15) is 11.1 Å². The number of nitrogens with zero attached hydrogens (tertiary/aromatic N) is 2. The lowest BCUT2D eigenvalue weighted by Gasteiger charge is -2.17. The number of anilines is 2. The first-order valence-electron chi connectivity index (χ1n) is 8.42. The van der Waals surface area contributed by atoms with Crippen LogP contribution < -0.4 is 20.3 Å². The average Bonchev–Trinajstić information content (AvgIpc) is 2.66. The van der Waals surface area contributed by atoms with Crippen molar-refractivity contribution in [1.82, 2.24) is 9.55 Å². The molecule has 0 atom stereocenters. The summed E-state index contributed by atoms with van der Waals surface area (Å²) in [6.07, 6.45) is 1.55. The van der Waals surface area contributed by atoms with Gasteiger partial charge in [0.05, 0.1) is 20.8 Å². The van der Waals surface area contributed by atoms with E-state index in [-0.39, 0.29) is 5.02 Å². The predicted octanol–water partition coefficient (Wildman–Crippen LogP) is 4.67. The molecule has 0 aliphatic rings. The highest BCUT2D eigenvalue weighted by Crippen LogP contribution is 2.34. The molecule has 28 heavy (non-hydrogen) atoms. The number of halogens is 2. The van der Waals surface area contributed by atoms with Gasteiger partial charge in [0.2, 0.25) is 5.95 Å². The minimum Gasteiger partial charge on any atom is -0.493 e. The molecule has 0 bridgehead atoms. The summed E-state index contributed by atoms with van der Waals surface area (Å²) in [5.74, 6) is 1.53. The van der Waals surface area contributed by atoms with Crippen molar-refractivity contribution in [1.29, 1.82) is 0 Å². The standard InChI is InChI=1S/C20H19Cl2N3O3/c1-12-7-17(27-2)18(28-3)9-16(12)23-20-24-19(26)15(22)11-25(20)10-13-5-4-6-14(21)8-13/h4-9,11H,10H2,1-3H3,(H,23,24,26). The summed E-state index contributed by atoms with van der Waals surface area (Å²) < 4.78 is 12.4. The maximum atomic E-state index is 12.0. The maximum Gasteiger partial charge on any atom is 0.293 e. The third kappa shape index (κ3) is 4.40. The van der Waals surface area contributed by atoms with E-state index in [0.29, 0.717) is 29.0 Å². The lowest BCUT2D eigenvalue weighted by atomic mass is 10.1. The van der Waals surface area contributed by atoms with Gasteiger partial charge in [0.1, 0.15) is 5.02 Å². The zero-order chi connectivity index (χ0) is 20.3. The minimum absolute atomic E-state index is 0.0385. The lowest BCUT2D eigenvalue weighted by Crippen LogP contribution is -2.18. The minimum atomic E-state index is -0.510. The van der Waals surface area contributed by atoms with Gasteiger partial charge in [0.15, 0.2) is 11.5 Å². The molecule has 0 saturated carbocycles. The van der Waals surface area contributed by atoms with Crippen LogP contribution in [-0.4, -0.2) is 23.8 Å². The van der Waals surface area contributed by atoms with E-state index in [9.17, 15) is 4.79 Å². The first-order chi connectivity index (χ1) is 13.4. The first kappa shape index (κ1) is 20.0. The summed E-state index contributed by atoms with van der Waals surface area (Å²) >= 11 is 12.1. The molecule has 1 aromatic heterocycles. The maximum absolute atomic E-state index is 12.0. The number of rotatable bonds is 6. The molecule has 0 aliphatic carbocycles. The van der Waals surface area contributed by atoms with Gasteiger partial charge >= 0.3 is 0 Å². The highest BCUT2D eigenvalue weighted by atomic mass is 35.5. The van der Waals surface area contributed by atoms with Crippen LogP contribution >= 0.6 is 23.2 Å². The van der Waals surface area contributed by atoms with E-state index in [1.165, 1.54) is 0 Å². The lowest BCUT2D eigenvalue weighted by molar-refractivity contribution is 0.355. The fraction of sp³-hybridized carbons (Fsp3) is 0.200. The van der Waals surface area contributed by atoms with Crippen molar-refractivity contribution in [2.24, 2.45) is 0 Å². The number of ether oxygens (including phenoxy) is 2. The van der Waals surface area contributed by atoms with Crippen LogP contribution in [0.4, 0.5) is 11.6 Å². The van der Waals surface area contributed by atoms with E-state index in [1.54, 1.807) is 37.1 Å². The Labute approximate surface area is 172 Å². The quantitative estimate of drug-likeness (QED) is 0.628. The zero-order valence-corrected chi connectivity index (χ0v) is 17.1. The first-order valence-corrected chi connectivity index (χ1v) is 9.18. The summed E-state index contributed by atoms with van der Waals surface area (Å²) in [7, 11) is 3.14. The number of aromatic nitrogens is 2. The molecule has 0 aliphatic heterocycles. The fourth-order valence-corrected chi connectivity index (χ4v) is 3.13. The van der Waals surface area contributed by atoms with Crippen LogP contribution in [0.2, 0.25) is 10.0 Å². The van der Waals surface area contributed by atoms with Crippen LogP contribution in [0.15, 0.2) is 47.4 Å². The average molecular weight is 420 g/mol. The van der Waals surface area contributed by atoms with Gasteiger partial charge in [-0.15, -0.1) is 0 Å². The van der Waals surface area contributed by atoms with E-state index in [4.69, 9.17) is 32.7 Å². The molecular formula is C20H19Cl2N3O3. The summed E-state index contributed by atoms with van der Waals surface area (Å²) in [6.45, 7) is 2.35. The Morgan fingerprint density at radius 3 is 2.50 bits per heavy atom. The van der Waals surface area contributed by atoms with Gasteiger partial charge in [0, 0.05) is 23.0 Å². The van der Waals surface area contributed by atoms with Crippen molar-refractivity contribution in [2.75, 3.05) is 19.5 Å². The van der Waals surface area contributed by atoms with Gasteiger partial charge in [-0.1, -0.05) is 35.3 Å².